The first-order valence-corrected chi connectivity index (χ1v) is 11.6. The van der Waals surface area contributed by atoms with E-state index >= 15 is 0 Å². The van der Waals surface area contributed by atoms with Crippen LogP contribution in [-0.2, 0) is 12.8 Å². The Morgan fingerprint density at radius 3 is 1.91 bits per heavy atom. The average molecular weight is 475 g/mol. The van der Waals surface area contributed by atoms with Gasteiger partial charge in [-0.05, 0) is 48.9 Å². The molecular formula is C26H34O8. The van der Waals surface area contributed by atoms with Crippen LogP contribution in [0.2, 0.25) is 0 Å². The van der Waals surface area contributed by atoms with Gasteiger partial charge in [-0.3, -0.25) is 0 Å². The van der Waals surface area contributed by atoms with E-state index in [1.807, 2.05) is 6.92 Å². The average Bonchev–Trinajstić information content (AvgIpc) is 2.80. The topological polar surface area (TPSA) is 123 Å². The summed E-state index contributed by atoms with van der Waals surface area (Å²) < 4.78 is 16.0. The number of aromatic carboxylic acids is 1. The Morgan fingerprint density at radius 1 is 0.824 bits per heavy atom. The van der Waals surface area contributed by atoms with Gasteiger partial charge in [0, 0.05) is 6.07 Å². The maximum Gasteiger partial charge on any atom is 0.347 e. The van der Waals surface area contributed by atoms with Crippen molar-refractivity contribution in [3.05, 3.63) is 40.5 Å². The predicted octanol–water partition coefficient (Wildman–Crippen LogP) is 5.50. The number of hydrogen-bond donors (Lipinski definition) is 3. The van der Waals surface area contributed by atoms with E-state index in [0.717, 1.165) is 38.5 Å². The van der Waals surface area contributed by atoms with Crippen molar-refractivity contribution in [2.45, 2.75) is 65.2 Å². The highest BCUT2D eigenvalue weighted by Gasteiger charge is 2.28. The van der Waals surface area contributed by atoms with Crippen LogP contribution in [0.3, 0.4) is 0 Å². The third-order valence-corrected chi connectivity index (χ3v) is 5.64. The molecule has 8 heteroatoms. The normalized spacial score (nSPS) is 10.7. The molecule has 34 heavy (non-hydrogen) atoms. The third-order valence-electron chi connectivity index (χ3n) is 5.64. The van der Waals surface area contributed by atoms with Gasteiger partial charge < -0.3 is 29.5 Å². The van der Waals surface area contributed by atoms with E-state index in [1.165, 1.54) is 26.4 Å². The second kappa shape index (κ2) is 12.7. The summed E-state index contributed by atoms with van der Waals surface area (Å²) in [5.74, 6) is -3.27. The van der Waals surface area contributed by atoms with Crippen LogP contribution < -0.4 is 14.2 Å². The van der Waals surface area contributed by atoms with E-state index in [-0.39, 0.29) is 22.6 Å². The molecule has 0 heterocycles. The molecule has 3 N–H and O–H groups in total. The molecule has 0 saturated heterocycles. The summed E-state index contributed by atoms with van der Waals surface area (Å²) in [4.78, 5) is 25.1. The molecule has 0 amide bonds. The minimum atomic E-state index is -1.34. The molecule has 0 radical (unpaired) electrons. The van der Waals surface area contributed by atoms with Crippen molar-refractivity contribution in [1.29, 1.82) is 0 Å². The van der Waals surface area contributed by atoms with Gasteiger partial charge in [0.1, 0.15) is 22.6 Å². The van der Waals surface area contributed by atoms with Crippen LogP contribution in [0.25, 0.3) is 0 Å². The second-order valence-corrected chi connectivity index (χ2v) is 8.08. The zero-order chi connectivity index (χ0) is 25.3. The summed E-state index contributed by atoms with van der Waals surface area (Å²) in [5, 5.41) is 31.0. The van der Waals surface area contributed by atoms with E-state index in [2.05, 4.69) is 6.92 Å². The highest BCUT2D eigenvalue weighted by atomic mass is 16.6. The van der Waals surface area contributed by atoms with Crippen molar-refractivity contribution < 1.29 is 39.1 Å². The lowest BCUT2D eigenvalue weighted by molar-refractivity contribution is 0.0676. The van der Waals surface area contributed by atoms with E-state index in [0.29, 0.717) is 29.7 Å². The van der Waals surface area contributed by atoms with Crippen molar-refractivity contribution in [2.24, 2.45) is 0 Å². The number of phenols is 2. The third kappa shape index (κ3) is 6.34. The fourth-order valence-electron chi connectivity index (χ4n) is 3.85. The Balaban J connectivity index is 2.51. The predicted molar refractivity (Wildman–Crippen MR) is 128 cm³/mol. The van der Waals surface area contributed by atoms with Crippen LogP contribution in [0.1, 0.15) is 84.2 Å². The molecule has 8 nitrogen and oxygen atoms in total. The summed E-state index contributed by atoms with van der Waals surface area (Å²) in [6.45, 7) is 4.09. The molecule has 0 aliphatic carbocycles. The van der Waals surface area contributed by atoms with Crippen LogP contribution in [0, 0.1) is 0 Å². The van der Waals surface area contributed by atoms with Gasteiger partial charge in [-0.2, -0.15) is 0 Å². The molecule has 0 saturated carbocycles. The Bertz CT molecular complexity index is 1010. The summed E-state index contributed by atoms with van der Waals surface area (Å²) in [5.41, 5.74) is 0.523. The number of rotatable bonds is 13. The molecule has 0 aliphatic heterocycles. The second-order valence-electron chi connectivity index (χ2n) is 8.08. The van der Waals surface area contributed by atoms with Gasteiger partial charge in [-0.15, -0.1) is 0 Å². The number of unbranched alkanes of at least 4 members (excludes halogenated alkanes) is 4. The molecule has 0 aliphatic rings. The summed E-state index contributed by atoms with van der Waals surface area (Å²) >= 11 is 0. The zero-order valence-corrected chi connectivity index (χ0v) is 20.3. The maximum atomic E-state index is 13.1. The molecule has 2 rings (SSSR count). The Kier molecular flexibility index (Phi) is 10.0. The van der Waals surface area contributed by atoms with Crippen molar-refractivity contribution in [3.63, 3.8) is 0 Å². The molecule has 0 spiro atoms. The Hall–Kier alpha value is -3.42. The number of carbonyl (C=O) groups excluding carboxylic acids is 1. The first-order chi connectivity index (χ1) is 16.3. The Morgan fingerprint density at radius 2 is 1.41 bits per heavy atom. The quantitative estimate of drug-likeness (QED) is 0.198. The van der Waals surface area contributed by atoms with Gasteiger partial charge in [-0.1, -0.05) is 39.5 Å². The number of carbonyl (C=O) groups is 2. The smallest absolute Gasteiger partial charge is 0.347 e. The van der Waals surface area contributed by atoms with Gasteiger partial charge in [-0.25, -0.2) is 9.59 Å². The number of aryl methyl sites for hydroxylation is 2. The molecule has 2 aromatic carbocycles. The highest BCUT2D eigenvalue weighted by molar-refractivity contribution is 5.98. The van der Waals surface area contributed by atoms with E-state index in [1.54, 1.807) is 6.07 Å². The van der Waals surface area contributed by atoms with E-state index in [4.69, 9.17) is 14.2 Å². The van der Waals surface area contributed by atoms with Gasteiger partial charge in [0.05, 0.1) is 14.2 Å². The lowest BCUT2D eigenvalue weighted by Crippen LogP contribution is -2.14. The number of benzene rings is 2. The molecule has 186 valence electrons. The van der Waals surface area contributed by atoms with Gasteiger partial charge in [0.25, 0.3) is 0 Å². The number of ether oxygens (including phenoxy) is 3. The van der Waals surface area contributed by atoms with Crippen LogP contribution >= 0.6 is 0 Å². The number of phenolic OH excluding ortho intramolecular Hbond substituents is 1. The standard InChI is InChI=1S/C26H34O8/c1-5-7-9-11-16-13-18(32-3)15-19(27)21(16)26(31)34-24-20(33-4)14-17(12-10-8-6-2)22(23(24)28)25(29)30/h13-15,27-28H,5-12H2,1-4H3,(H,29,30). The minimum Gasteiger partial charge on any atom is -0.507 e. The molecule has 0 unspecified atom stereocenters. The monoisotopic (exact) mass is 474 g/mol. The summed E-state index contributed by atoms with van der Waals surface area (Å²) in [6, 6.07) is 4.43. The molecular weight excluding hydrogens is 440 g/mol. The van der Waals surface area contributed by atoms with Crippen LogP contribution in [0.5, 0.6) is 28.7 Å². The van der Waals surface area contributed by atoms with Crippen LogP contribution in [0.15, 0.2) is 18.2 Å². The molecule has 0 fully saturated rings. The fourth-order valence-corrected chi connectivity index (χ4v) is 3.85. The first kappa shape index (κ1) is 26.8. The van der Waals surface area contributed by atoms with E-state index in [9.17, 15) is 24.9 Å². The highest BCUT2D eigenvalue weighted by Crippen LogP contribution is 2.43. The van der Waals surface area contributed by atoms with Crippen molar-refractivity contribution >= 4 is 11.9 Å². The van der Waals surface area contributed by atoms with Crippen molar-refractivity contribution in [3.8, 4) is 28.7 Å². The van der Waals surface area contributed by atoms with Crippen LogP contribution in [0.4, 0.5) is 0 Å². The van der Waals surface area contributed by atoms with Gasteiger partial charge in [0.15, 0.2) is 11.5 Å². The molecule has 0 bridgehead atoms. The van der Waals surface area contributed by atoms with Gasteiger partial charge >= 0.3 is 11.9 Å². The number of esters is 1. The van der Waals surface area contributed by atoms with E-state index < -0.39 is 23.4 Å². The molecule has 0 atom stereocenters. The number of carboxylic acid groups (broad SMARTS) is 1. The van der Waals surface area contributed by atoms with Crippen molar-refractivity contribution in [2.75, 3.05) is 14.2 Å². The number of carboxylic acids is 1. The molecule has 0 aromatic heterocycles. The lowest BCUT2D eigenvalue weighted by atomic mass is 9.98. The van der Waals surface area contributed by atoms with Gasteiger partial charge in [0.2, 0.25) is 5.75 Å². The summed E-state index contributed by atoms with van der Waals surface area (Å²) in [7, 11) is 2.80. The number of methoxy groups -OCH3 is 2. The largest absolute Gasteiger partial charge is 0.507 e. The SMILES string of the molecule is CCCCCc1cc(OC)cc(O)c1C(=O)Oc1c(OC)cc(CCCCC)c(C(=O)O)c1O. The first-order valence-electron chi connectivity index (χ1n) is 11.6. The maximum absolute atomic E-state index is 13.1. The summed E-state index contributed by atoms with van der Waals surface area (Å²) in [6.07, 6.45) is 6.21. The lowest BCUT2D eigenvalue weighted by Gasteiger charge is -2.17. The zero-order valence-electron chi connectivity index (χ0n) is 20.3. The van der Waals surface area contributed by atoms with Crippen molar-refractivity contribution in [1.82, 2.24) is 0 Å². The van der Waals surface area contributed by atoms with Crippen LogP contribution in [-0.4, -0.2) is 41.5 Å². The minimum absolute atomic E-state index is 0.0304. The molecule has 2 aromatic rings. The Labute approximate surface area is 200 Å². The number of hydrogen-bond acceptors (Lipinski definition) is 7. The number of aromatic hydroxyl groups is 2. The fraction of sp³-hybridized carbons (Fsp3) is 0.462.